The number of carboxylic acids is 1. The Hall–Kier alpha value is -2.44. The summed E-state index contributed by atoms with van der Waals surface area (Å²) < 4.78 is 0. The van der Waals surface area contributed by atoms with Crippen LogP contribution in [0.4, 0.5) is 0 Å². The maximum absolute atomic E-state index is 12.5. The minimum absolute atomic E-state index is 0.121. The Labute approximate surface area is 146 Å². The standard InChI is InChI=1S/C18H23N3O4/c22-16-6-1-2-9-21(16)12-13-7-10-20(11-8-13)17(23)14-4-3-5-15(19-14)18(24)25/h3-5,13H,1-2,6-12H2,(H,24,25). The number of likely N-dealkylation sites (tertiary alicyclic amines) is 2. The molecule has 0 spiro atoms. The number of aromatic nitrogens is 1. The van der Waals surface area contributed by atoms with Gasteiger partial charge in [-0.1, -0.05) is 6.07 Å². The van der Waals surface area contributed by atoms with Crippen LogP contribution in [0.1, 0.15) is 53.1 Å². The van der Waals surface area contributed by atoms with Crippen LogP contribution in [0.3, 0.4) is 0 Å². The fourth-order valence-corrected chi connectivity index (χ4v) is 3.52. The molecule has 7 heteroatoms. The van der Waals surface area contributed by atoms with Gasteiger partial charge in [0.15, 0.2) is 0 Å². The van der Waals surface area contributed by atoms with E-state index >= 15 is 0 Å². The molecule has 0 unspecified atom stereocenters. The monoisotopic (exact) mass is 345 g/mol. The van der Waals surface area contributed by atoms with Gasteiger partial charge < -0.3 is 14.9 Å². The first-order valence-electron chi connectivity index (χ1n) is 8.82. The molecule has 25 heavy (non-hydrogen) atoms. The number of piperidine rings is 2. The number of rotatable bonds is 4. The summed E-state index contributed by atoms with van der Waals surface area (Å²) in [5, 5.41) is 8.99. The molecule has 2 fully saturated rings. The average molecular weight is 345 g/mol. The summed E-state index contributed by atoms with van der Waals surface area (Å²) in [6.45, 7) is 2.87. The third kappa shape index (κ3) is 4.15. The van der Waals surface area contributed by atoms with Crippen molar-refractivity contribution in [2.24, 2.45) is 5.92 Å². The van der Waals surface area contributed by atoms with Crippen molar-refractivity contribution in [2.75, 3.05) is 26.2 Å². The normalized spacial score (nSPS) is 19.1. The van der Waals surface area contributed by atoms with Crippen molar-refractivity contribution in [1.29, 1.82) is 0 Å². The predicted molar refractivity (Wildman–Crippen MR) is 90.3 cm³/mol. The molecule has 2 amide bonds. The van der Waals surface area contributed by atoms with E-state index in [1.54, 1.807) is 17.0 Å². The number of amides is 2. The van der Waals surface area contributed by atoms with Crippen LogP contribution in [0.25, 0.3) is 0 Å². The van der Waals surface area contributed by atoms with Crippen molar-refractivity contribution in [3.05, 3.63) is 29.6 Å². The summed E-state index contributed by atoms with van der Waals surface area (Å²) in [4.78, 5) is 43.1. The molecule has 1 N–H and O–H groups in total. The number of hydrogen-bond acceptors (Lipinski definition) is 4. The Kier molecular flexibility index (Phi) is 5.31. The molecule has 3 rings (SSSR count). The van der Waals surface area contributed by atoms with E-state index in [1.165, 1.54) is 6.07 Å². The van der Waals surface area contributed by atoms with Crippen LogP contribution in [-0.4, -0.2) is 63.9 Å². The lowest BCUT2D eigenvalue weighted by molar-refractivity contribution is -0.134. The van der Waals surface area contributed by atoms with Gasteiger partial charge in [-0.2, -0.15) is 0 Å². The zero-order valence-corrected chi connectivity index (χ0v) is 14.2. The second kappa shape index (κ2) is 7.63. The molecule has 2 aliphatic rings. The second-order valence-electron chi connectivity index (χ2n) is 6.75. The van der Waals surface area contributed by atoms with E-state index in [2.05, 4.69) is 4.98 Å². The van der Waals surface area contributed by atoms with Gasteiger partial charge in [-0.05, 0) is 43.7 Å². The first-order chi connectivity index (χ1) is 12.0. The van der Waals surface area contributed by atoms with Crippen molar-refractivity contribution in [2.45, 2.75) is 32.1 Å². The van der Waals surface area contributed by atoms with Crippen LogP contribution in [-0.2, 0) is 4.79 Å². The summed E-state index contributed by atoms with van der Waals surface area (Å²) in [5.74, 6) is -0.695. The molecule has 134 valence electrons. The van der Waals surface area contributed by atoms with Crippen molar-refractivity contribution in [3.8, 4) is 0 Å². The molecule has 0 aliphatic carbocycles. The third-order valence-corrected chi connectivity index (χ3v) is 4.99. The molecule has 0 radical (unpaired) electrons. The van der Waals surface area contributed by atoms with Gasteiger partial charge in [-0.25, -0.2) is 9.78 Å². The lowest BCUT2D eigenvalue weighted by Gasteiger charge is -2.36. The highest BCUT2D eigenvalue weighted by atomic mass is 16.4. The minimum Gasteiger partial charge on any atom is -0.477 e. The summed E-state index contributed by atoms with van der Waals surface area (Å²) in [5.41, 5.74) is 0.0499. The SMILES string of the molecule is O=C(O)c1cccc(C(=O)N2CCC(CN3CCCCC3=O)CC2)n1. The molecular weight excluding hydrogens is 322 g/mol. The Bertz CT molecular complexity index is 668. The lowest BCUT2D eigenvalue weighted by atomic mass is 9.95. The van der Waals surface area contributed by atoms with Crippen LogP contribution in [0.2, 0.25) is 0 Å². The molecular formula is C18H23N3O4. The topological polar surface area (TPSA) is 90.8 Å². The molecule has 7 nitrogen and oxygen atoms in total. The Morgan fingerprint density at radius 2 is 1.84 bits per heavy atom. The average Bonchev–Trinajstić information content (AvgIpc) is 2.64. The van der Waals surface area contributed by atoms with E-state index in [9.17, 15) is 14.4 Å². The highest BCUT2D eigenvalue weighted by molar-refractivity contribution is 5.94. The number of aromatic carboxylic acids is 1. The molecule has 0 bridgehead atoms. The molecule has 3 heterocycles. The molecule has 1 aromatic heterocycles. The number of hydrogen-bond donors (Lipinski definition) is 1. The van der Waals surface area contributed by atoms with Gasteiger partial charge >= 0.3 is 5.97 Å². The maximum atomic E-state index is 12.5. The Balaban J connectivity index is 1.55. The van der Waals surface area contributed by atoms with Gasteiger partial charge in [0, 0.05) is 32.6 Å². The van der Waals surface area contributed by atoms with Crippen LogP contribution >= 0.6 is 0 Å². The highest BCUT2D eigenvalue weighted by Crippen LogP contribution is 2.22. The second-order valence-corrected chi connectivity index (χ2v) is 6.75. The highest BCUT2D eigenvalue weighted by Gasteiger charge is 2.28. The van der Waals surface area contributed by atoms with Gasteiger partial charge in [-0.15, -0.1) is 0 Å². The first kappa shape index (κ1) is 17.4. The fraction of sp³-hybridized carbons (Fsp3) is 0.556. The summed E-state index contributed by atoms with van der Waals surface area (Å²) in [6.07, 6.45) is 4.44. The minimum atomic E-state index is -1.14. The summed E-state index contributed by atoms with van der Waals surface area (Å²) in [7, 11) is 0. The van der Waals surface area contributed by atoms with Crippen molar-refractivity contribution in [3.63, 3.8) is 0 Å². The van der Waals surface area contributed by atoms with Crippen LogP contribution in [0.15, 0.2) is 18.2 Å². The van der Waals surface area contributed by atoms with Crippen molar-refractivity contribution >= 4 is 17.8 Å². The van der Waals surface area contributed by atoms with Crippen LogP contribution < -0.4 is 0 Å². The number of pyridine rings is 1. The van der Waals surface area contributed by atoms with Gasteiger partial charge in [0.25, 0.3) is 5.91 Å². The van der Waals surface area contributed by atoms with E-state index in [4.69, 9.17) is 5.11 Å². The van der Waals surface area contributed by atoms with Gasteiger partial charge in [0.1, 0.15) is 11.4 Å². The smallest absolute Gasteiger partial charge is 0.354 e. The lowest BCUT2D eigenvalue weighted by Crippen LogP contribution is -2.44. The van der Waals surface area contributed by atoms with Crippen LogP contribution in [0, 0.1) is 5.92 Å². The fourth-order valence-electron chi connectivity index (χ4n) is 3.52. The number of nitrogens with zero attached hydrogens (tertiary/aromatic N) is 3. The van der Waals surface area contributed by atoms with E-state index in [1.807, 2.05) is 4.90 Å². The van der Waals surface area contributed by atoms with Gasteiger partial charge in [-0.3, -0.25) is 9.59 Å². The molecule has 0 saturated carbocycles. The Morgan fingerprint density at radius 1 is 1.12 bits per heavy atom. The molecule has 1 aromatic rings. The molecule has 0 atom stereocenters. The number of carbonyl (C=O) groups is 3. The maximum Gasteiger partial charge on any atom is 0.354 e. The quantitative estimate of drug-likeness (QED) is 0.896. The number of carbonyl (C=O) groups excluding carboxylic acids is 2. The summed E-state index contributed by atoms with van der Waals surface area (Å²) in [6, 6.07) is 4.46. The zero-order chi connectivity index (χ0) is 17.8. The zero-order valence-electron chi connectivity index (χ0n) is 14.2. The van der Waals surface area contributed by atoms with E-state index in [0.717, 1.165) is 38.8 Å². The largest absolute Gasteiger partial charge is 0.477 e. The molecule has 2 aliphatic heterocycles. The van der Waals surface area contributed by atoms with E-state index in [0.29, 0.717) is 25.4 Å². The molecule has 2 saturated heterocycles. The first-order valence-corrected chi connectivity index (χ1v) is 8.82. The predicted octanol–water partition coefficient (Wildman–Crippen LogP) is 1.64. The summed E-state index contributed by atoms with van der Waals surface area (Å²) >= 11 is 0. The number of carboxylic acid groups (broad SMARTS) is 1. The van der Waals surface area contributed by atoms with Gasteiger partial charge in [0.05, 0.1) is 0 Å². The van der Waals surface area contributed by atoms with Crippen molar-refractivity contribution in [1.82, 2.24) is 14.8 Å². The van der Waals surface area contributed by atoms with E-state index < -0.39 is 5.97 Å². The van der Waals surface area contributed by atoms with Crippen LogP contribution in [0.5, 0.6) is 0 Å². The van der Waals surface area contributed by atoms with E-state index in [-0.39, 0.29) is 23.2 Å². The molecule has 0 aromatic carbocycles. The van der Waals surface area contributed by atoms with Crippen molar-refractivity contribution < 1.29 is 19.5 Å². The Morgan fingerprint density at radius 3 is 2.52 bits per heavy atom. The third-order valence-electron chi connectivity index (χ3n) is 4.99. The van der Waals surface area contributed by atoms with Gasteiger partial charge in [0.2, 0.25) is 5.91 Å².